The Bertz CT molecular complexity index is 1520. The summed E-state index contributed by atoms with van der Waals surface area (Å²) in [5.41, 5.74) is 2.92. The summed E-state index contributed by atoms with van der Waals surface area (Å²) in [6.45, 7) is 4.94. The number of hydrogen-bond donors (Lipinski definition) is 2. The molecule has 9 heteroatoms. The highest BCUT2D eigenvalue weighted by Crippen LogP contribution is 2.45. The Balaban J connectivity index is 1.05. The first-order valence-electron chi connectivity index (χ1n) is 16.4. The maximum absolute atomic E-state index is 14.1. The molecule has 7 rings (SSSR count). The van der Waals surface area contributed by atoms with Crippen LogP contribution in [0, 0.1) is 0 Å². The van der Waals surface area contributed by atoms with Gasteiger partial charge in [0.1, 0.15) is 6.04 Å². The van der Waals surface area contributed by atoms with Crippen LogP contribution < -0.4 is 10.6 Å². The molecule has 1 atom stereocenters. The van der Waals surface area contributed by atoms with Crippen molar-refractivity contribution in [2.45, 2.75) is 75.3 Å². The molecule has 0 unspecified atom stereocenters. The van der Waals surface area contributed by atoms with Gasteiger partial charge in [0.05, 0.1) is 0 Å². The molecule has 0 saturated carbocycles. The van der Waals surface area contributed by atoms with Crippen molar-refractivity contribution in [3.05, 3.63) is 65.0 Å². The van der Waals surface area contributed by atoms with Crippen LogP contribution >= 0.6 is 11.3 Å². The number of hydrogen-bond acceptors (Lipinski definition) is 5. The Morgan fingerprint density at radius 1 is 0.909 bits per heavy atom. The first-order valence-corrected chi connectivity index (χ1v) is 17.3. The first-order chi connectivity index (χ1) is 21.5. The molecule has 2 aromatic carbocycles. The van der Waals surface area contributed by atoms with Crippen LogP contribution in [0.1, 0.15) is 62.5 Å². The highest BCUT2D eigenvalue weighted by molar-refractivity contribution is 7.17. The third-order valence-electron chi connectivity index (χ3n) is 10.5. The van der Waals surface area contributed by atoms with E-state index in [4.69, 9.17) is 0 Å². The molecule has 3 aromatic rings. The maximum atomic E-state index is 14.1. The van der Waals surface area contributed by atoms with Crippen LogP contribution in [0.25, 0.3) is 10.1 Å². The summed E-state index contributed by atoms with van der Waals surface area (Å²) < 4.78 is 1.19. The van der Waals surface area contributed by atoms with E-state index < -0.39 is 6.04 Å². The number of carbonyl (C=O) groups excluding carboxylic acids is 3. The minimum atomic E-state index is -0.621. The van der Waals surface area contributed by atoms with Crippen molar-refractivity contribution in [1.29, 1.82) is 0 Å². The molecule has 0 bridgehead atoms. The van der Waals surface area contributed by atoms with Crippen LogP contribution in [0.5, 0.6) is 0 Å². The molecule has 0 aliphatic carbocycles. The third-order valence-corrected chi connectivity index (χ3v) is 11.6. The molecule has 2 N–H and O–H groups in total. The second kappa shape index (κ2) is 12.5. The largest absolute Gasteiger partial charge is 0.341 e. The summed E-state index contributed by atoms with van der Waals surface area (Å²) in [5, 5.41) is 9.50. The van der Waals surface area contributed by atoms with Gasteiger partial charge in [-0.25, -0.2) is 4.79 Å². The number of nitrogens with zero attached hydrogens (tertiary/aromatic N) is 3. The van der Waals surface area contributed by atoms with E-state index in [0.717, 1.165) is 55.4 Å². The number of nitrogens with one attached hydrogen (secondary N) is 2. The smallest absolute Gasteiger partial charge is 0.318 e. The second-order valence-electron chi connectivity index (χ2n) is 13.2. The van der Waals surface area contributed by atoms with Crippen molar-refractivity contribution in [2.75, 3.05) is 44.6 Å². The average Bonchev–Trinajstić information content (AvgIpc) is 3.47. The fourth-order valence-corrected chi connectivity index (χ4v) is 9.02. The normalized spacial score (nSPS) is 21.6. The molecule has 4 amide bonds. The van der Waals surface area contributed by atoms with Crippen LogP contribution in [-0.2, 0) is 21.4 Å². The molecule has 232 valence electrons. The molecule has 8 nitrogen and oxygen atoms in total. The number of amides is 4. The van der Waals surface area contributed by atoms with Gasteiger partial charge in [-0.3, -0.25) is 9.59 Å². The molecule has 3 saturated heterocycles. The Morgan fingerprint density at radius 2 is 1.64 bits per heavy atom. The van der Waals surface area contributed by atoms with E-state index in [-0.39, 0.29) is 23.3 Å². The summed E-state index contributed by atoms with van der Waals surface area (Å²) in [6, 6.07) is 16.1. The number of anilines is 1. The summed E-state index contributed by atoms with van der Waals surface area (Å²) in [6.07, 6.45) is 8.25. The van der Waals surface area contributed by atoms with E-state index >= 15 is 0 Å². The first kappa shape index (κ1) is 29.3. The second-order valence-corrected chi connectivity index (χ2v) is 14.1. The van der Waals surface area contributed by atoms with E-state index in [0.29, 0.717) is 32.0 Å². The highest BCUT2D eigenvalue weighted by Gasteiger charge is 2.43. The van der Waals surface area contributed by atoms with Gasteiger partial charge >= 0.3 is 6.03 Å². The van der Waals surface area contributed by atoms with Crippen molar-refractivity contribution >= 4 is 45.0 Å². The van der Waals surface area contributed by atoms with Gasteiger partial charge in [-0.1, -0.05) is 42.8 Å². The van der Waals surface area contributed by atoms with E-state index in [1.54, 1.807) is 11.3 Å². The zero-order valence-electron chi connectivity index (χ0n) is 25.4. The van der Waals surface area contributed by atoms with E-state index in [2.05, 4.69) is 39.1 Å². The monoisotopic (exact) mass is 613 g/mol. The standard InChI is InChI=1S/C35H43N5O3S/c41-32-23-35(28-9-3-4-10-29(28)36-32)14-20-40(21-15-35)34(43)37-30(22-25-24-44-31-11-5-2-8-27(25)31)33(42)39-18-12-26(13-19-39)38-16-6-1-7-17-38/h2-5,8-11,24,26,30H,1,6-7,12-23H2,(H,36,41)(H,37,43)/t30-/m1/s1. The third kappa shape index (κ3) is 5.84. The molecule has 1 aromatic heterocycles. The zero-order chi connectivity index (χ0) is 30.1. The minimum Gasteiger partial charge on any atom is -0.341 e. The lowest BCUT2D eigenvalue weighted by molar-refractivity contribution is -0.135. The number of likely N-dealkylation sites (tertiary alicyclic amines) is 3. The zero-order valence-corrected chi connectivity index (χ0v) is 26.2. The van der Waals surface area contributed by atoms with Gasteiger partial charge in [-0.2, -0.15) is 0 Å². The molecule has 3 fully saturated rings. The SMILES string of the molecule is O=C1CC2(CCN(C(=O)N[C@H](Cc3csc4ccccc34)C(=O)N3CCC(N4CCCCC4)CC3)CC2)c2ccccc2N1. The molecular formula is C35H43N5O3S. The quantitative estimate of drug-likeness (QED) is 0.405. The highest BCUT2D eigenvalue weighted by atomic mass is 32.1. The molecule has 44 heavy (non-hydrogen) atoms. The van der Waals surface area contributed by atoms with Crippen LogP contribution in [0.3, 0.4) is 0 Å². The van der Waals surface area contributed by atoms with Gasteiger partial charge in [-0.05, 0) is 85.6 Å². The number of carbonyl (C=O) groups is 3. The van der Waals surface area contributed by atoms with Gasteiger partial charge in [0.2, 0.25) is 11.8 Å². The molecule has 5 heterocycles. The van der Waals surface area contributed by atoms with E-state index in [1.807, 2.05) is 40.1 Å². The summed E-state index contributed by atoms with van der Waals surface area (Å²) in [5.74, 6) is 0.0661. The Morgan fingerprint density at radius 3 is 2.43 bits per heavy atom. The topological polar surface area (TPSA) is 85.0 Å². The number of fused-ring (bicyclic) bond motifs is 3. The van der Waals surface area contributed by atoms with E-state index in [9.17, 15) is 14.4 Å². The lowest BCUT2D eigenvalue weighted by Crippen LogP contribution is -2.57. The number of thiophene rings is 1. The Hall–Kier alpha value is -3.43. The number of benzene rings is 2. The maximum Gasteiger partial charge on any atom is 0.318 e. The van der Waals surface area contributed by atoms with Gasteiger partial charge in [-0.15, -0.1) is 11.3 Å². The van der Waals surface area contributed by atoms with Gasteiger partial charge in [0.15, 0.2) is 0 Å². The predicted octanol–water partition coefficient (Wildman–Crippen LogP) is 5.37. The van der Waals surface area contributed by atoms with E-state index in [1.165, 1.54) is 42.6 Å². The van der Waals surface area contributed by atoms with Gasteiger partial charge < -0.3 is 25.3 Å². The van der Waals surface area contributed by atoms with Gasteiger partial charge in [0.25, 0.3) is 0 Å². The molecule has 4 aliphatic heterocycles. The summed E-state index contributed by atoms with van der Waals surface area (Å²) in [4.78, 5) is 47.0. The molecule has 0 radical (unpaired) electrons. The number of urea groups is 1. The average molecular weight is 614 g/mol. The summed E-state index contributed by atoms with van der Waals surface area (Å²) >= 11 is 1.69. The molecule has 1 spiro atoms. The van der Waals surface area contributed by atoms with Crippen molar-refractivity contribution < 1.29 is 14.4 Å². The minimum absolute atomic E-state index is 0.0251. The van der Waals surface area contributed by atoms with Crippen LogP contribution in [0.15, 0.2) is 53.9 Å². The number of piperidine rings is 3. The van der Waals surface area contributed by atoms with Crippen LogP contribution in [0.2, 0.25) is 0 Å². The Labute approximate surface area is 263 Å². The summed E-state index contributed by atoms with van der Waals surface area (Å²) in [7, 11) is 0. The fraction of sp³-hybridized carbons (Fsp3) is 0.514. The van der Waals surface area contributed by atoms with Crippen LogP contribution in [-0.4, -0.2) is 83.9 Å². The number of para-hydroxylation sites is 1. The molecule has 4 aliphatic rings. The fourth-order valence-electron chi connectivity index (χ4n) is 8.04. The molecular weight excluding hydrogens is 570 g/mol. The lowest BCUT2D eigenvalue weighted by Gasteiger charge is -2.45. The van der Waals surface area contributed by atoms with Crippen molar-refractivity contribution in [1.82, 2.24) is 20.0 Å². The lowest BCUT2D eigenvalue weighted by atomic mass is 9.68. The van der Waals surface area contributed by atoms with Gasteiger partial charge in [0, 0.05) is 60.9 Å². The van der Waals surface area contributed by atoms with Crippen molar-refractivity contribution in [3.63, 3.8) is 0 Å². The van der Waals surface area contributed by atoms with Crippen LogP contribution in [0.4, 0.5) is 10.5 Å². The van der Waals surface area contributed by atoms with Crippen molar-refractivity contribution in [2.24, 2.45) is 0 Å². The van der Waals surface area contributed by atoms with Crippen molar-refractivity contribution in [3.8, 4) is 0 Å². The number of rotatable bonds is 5. The predicted molar refractivity (Wildman–Crippen MR) is 175 cm³/mol. The Kier molecular flexibility index (Phi) is 8.33.